The molecule has 0 spiro atoms. The highest BCUT2D eigenvalue weighted by Gasteiger charge is 2.21. The molecule has 228 valence electrons. The first-order valence-corrected chi connectivity index (χ1v) is 16.5. The van der Waals surface area contributed by atoms with Gasteiger partial charge in [0.2, 0.25) is 0 Å². The number of rotatable bonds is 5. The summed E-state index contributed by atoms with van der Waals surface area (Å²) >= 11 is 0. The molecule has 3 aromatic heterocycles. The quantitative estimate of drug-likeness (QED) is 0.191. The van der Waals surface area contributed by atoms with Crippen LogP contribution in [0.15, 0.2) is 170 Å². The second-order valence-corrected chi connectivity index (χ2v) is 12.5. The van der Waals surface area contributed by atoms with Crippen molar-refractivity contribution >= 4 is 38.1 Å². The minimum absolute atomic E-state index is 0.641. The summed E-state index contributed by atoms with van der Waals surface area (Å²) in [6.45, 7) is 0. The first-order chi connectivity index (χ1) is 24.3. The predicted octanol–water partition coefficient (Wildman–Crippen LogP) is 11.4. The number of hydrogen-bond donors (Lipinski definition) is 0. The molecule has 10 rings (SSSR count). The summed E-state index contributed by atoms with van der Waals surface area (Å²) in [5.74, 6) is 1.93. The van der Waals surface area contributed by atoms with Crippen LogP contribution in [0.2, 0.25) is 0 Å². The number of aromatic nitrogens is 4. The first kappa shape index (κ1) is 27.5. The summed E-state index contributed by atoms with van der Waals surface area (Å²) in [5.41, 5.74) is 11.0. The maximum absolute atomic E-state index is 5.23. The molecule has 0 bridgehead atoms. The maximum atomic E-state index is 5.23. The lowest BCUT2D eigenvalue weighted by molar-refractivity contribution is 1.08. The standard InChI is InChI=1S/C45H28N4/c1-3-13-29(14-4-1)31-17-9-19-33(27-31)43-46-44(34-20-10-18-32(28-34)30-15-5-2-6-16-30)48-45(47-43)38-24-12-26-40-41(38)37-23-11-22-36-35-21-7-8-25-39(35)49(40)42(36)37/h1-28H. The molecular formula is C45H28N4. The molecule has 4 nitrogen and oxygen atoms in total. The van der Waals surface area contributed by atoms with E-state index in [1.165, 1.54) is 27.2 Å². The van der Waals surface area contributed by atoms with Crippen LogP contribution in [0.1, 0.15) is 0 Å². The van der Waals surface area contributed by atoms with Gasteiger partial charge < -0.3 is 4.40 Å². The topological polar surface area (TPSA) is 43.1 Å². The summed E-state index contributed by atoms with van der Waals surface area (Å²) < 4.78 is 2.40. The summed E-state index contributed by atoms with van der Waals surface area (Å²) in [7, 11) is 0. The zero-order chi connectivity index (χ0) is 32.3. The van der Waals surface area contributed by atoms with Crippen LogP contribution in [0.25, 0.3) is 94.5 Å². The van der Waals surface area contributed by atoms with Crippen LogP contribution in [0.3, 0.4) is 0 Å². The summed E-state index contributed by atoms with van der Waals surface area (Å²) in [6.07, 6.45) is 0. The van der Waals surface area contributed by atoms with Gasteiger partial charge in [-0.15, -0.1) is 0 Å². The van der Waals surface area contributed by atoms with E-state index < -0.39 is 0 Å². The Bertz CT molecular complexity index is 2720. The Kier molecular flexibility index (Phi) is 6.15. The smallest absolute Gasteiger partial charge is 0.164 e. The van der Waals surface area contributed by atoms with Crippen LogP contribution < -0.4 is 0 Å². The zero-order valence-electron chi connectivity index (χ0n) is 26.5. The van der Waals surface area contributed by atoms with E-state index in [-0.39, 0.29) is 0 Å². The highest BCUT2D eigenvalue weighted by Crippen LogP contribution is 2.42. The van der Waals surface area contributed by atoms with E-state index in [0.717, 1.165) is 49.8 Å². The molecule has 0 aliphatic rings. The van der Waals surface area contributed by atoms with E-state index >= 15 is 0 Å². The number of para-hydroxylation sites is 2. The van der Waals surface area contributed by atoms with E-state index in [0.29, 0.717) is 17.5 Å². The molecule has 0 amide bonds. The first-order valence-electron chi connectivity index (χ1n) is 16.5. The largest absolute Gasteiger partial charge is 0.308 e. The monoisotopic (exact) mass is 624 g/mol. The van der Waals surface area contributed by atoms with Crippen molar-refractivity contribution in [1.82, 2.24) is 19.4 Å². The fourth-order valence-electron chi connectivity index (χ4n) is 7.36. The molecule has 0 radical (unpaired) electrons. The average Bonchev–Trinajstić information content (AvgIpc) is 3.71. The molecule has 0 N–H and O–H groups in total. The normalized spacial score (nSPS) is 11.7. The van der Waals surface area contributed by atoms with Gasteiger partial charge in [-0.3, -0.25) is 0 Å². The molecule has 10 aromatic rings. The molecule has 0 aliphatic carbocycles. The third-order valence-corrected chi connectivity index (χ3v) is 9.58. The van der Waals surface area contributed by atoms with Gasteiger partial charge in [-0.05, 0) is 46.5 Å². The summed E-state index contributed by atoms with van der Waals surface area (Å²) in [6, 6.07) is 59.6. The maximum Gasteiger partial charge on any atom is 0.164 e. The van der Waals surface area contributed by atoms with Crippen LogP contribution in [-0.4, -0.2) is 19.4 Å². The van der Waals surface area contributed by atoms with E-state index in [1.807, 2.05) is 12.1 Å². The second kappa shape index (κ2) is 11.0. The molecule has 0 atom stereocenters. The van der Waals surface area contributed by atoms with Crippen molar-refractivity contribution in [3.05, 3.63) is 170 Å². The summed E-state index contributed by atoms with van der Waals surface area (Å²) in [5, 5.41) is 4.85. The number of fused-ring (bicyclic) bond motifs is 6. The van der Waals surface area contributed by atoms with Crippen LogP contribution >= 0.6 is 0 Å². The SMILES string of the molecule is c1ccc(-c2cccc(-c3nc(-c4cccc(-c5ccccc5)c4)nc(-c4cccc5c4c4cccc6c7ccccc7n5c64)n3)c2)cc1. The van der Waals surface area contributed by atoms with Crippen molar-refractivity contribution < 1.29 is 0 Å². The Morgan fingerprint density at radius 3 is 1.47 bits per heavy atom. The highest BCUT2D eigenvalue weighted by atomic mass is 15.0. The Labute approximate surface area is 283 Å². The zero-order valence-corrected chi connectivity index (χ0v) is 26.5. The minimum Gasteiger partial charge on any atom is -0.308 e. The van der Waals surface area contributed by atoms with Gasteiger partial charge in [0.15, 0.2) is 17.5 Å². The predicted molar refractivity (Wildman–Crippen MR) is 202 cm³/mol. The van der Waals surface area contributed by atoms with E-state index in [1.54, 1.807) is 0 Å². The third-order valence-electron chi connectivity index (χ3n) is 9.58. The second-order valence-electron chi connectivity index (χ2n) is 12.5. The van der Waals surface area contributed by atoms with Gasteiger partial charge in [-0.2, -0.15) is 0 Å². The lowest BCUT2D eigenvalue weighted by Gasteiger charge is -2.11. The minimum atomic E-state index is 0.641. The molecule has 0 fully saturated rings. The number of nitrogens with zero attached hydrogens (tertiary/aromatic N) is 4. The van der Waals surface area contributed by atoms with Crippen molar-refractivity contribution in [3.63, 3.8) is 0 Å². The van der Waals surface area contributed by atoms with Crippen molar-refractivity contribution in [2.45, 2.75) is 0 Å². The molecule has 4 heteroatoms. The van der Waals surface area contributed by atoms with Crippen LogP contribution in [0.4, 0.5) is 0 Å². The fraction of sp³-hybridized carbons (Fsp3) is 0. The lowest BCUT2D eigenvalue weighted by atomic mass is 10.0. The van der Waals surface area contributed by atoms with Gasteiger partial charge in [-0.25, -0.2) is 15.0 Å². The van der Waals surface area contributed by atoms with Crippen molar-refractivity contribution in [3.8, 4) is 56.4 Å². The molecule has 3 heterocycles. The lowest BCUT2D eigenvalue weighted by Crippen LogP contribution is -2.01. The van der Waals surface area contributed by atoms with Crippen molar-refractivity contribution in [2.24, 2.45) is 0 Å². The van der Waals surface area contributed by atoms with Gasteiger partial charge in [-0.1, -0.05) is 146 Å². The van der Waals surface area contributed by atoms with Crippen LogP contribution in [0.5, 0.6) is 0 Å². The van der Waals surface area contributed by atoms with E-state index in [2.05, 4.69) is 162 Å². The van der Waals surface area contributed by atoms with Crippen molar-refractivity contribution in [2.75, 3.05) is 0 Å². The molecule has 0 saturated carbocycles. The van der Waals surface area contributed by atoms with Gasteiger partial charge >= 0.3 is 0 Å². The molecule has 49 heavy (non-hydrogen) atoms. The molecule has 0 aliphatic heterocycles. The molecular weight excluding hydrogens is 597 g/mol. The Morgan fingerprint density at radius 2 is 0.796 bits per heavy atom. The third kappa shape index (κ3) is 4.42. The molecule has 7 aromatic carbocycles. The Balaban J connectivity index is 1.23. The Hall–Kier alpha value is -6.65. The Morgan fingerprint density at radius 1 is 0.327 bits per heavy atom. The van der Waals surface area contributed by atoms with Gasteiger partial charge in [0.25, 0.3) is 0 Å². The summed E-state index contributed by atoms with van der Waals surface area (Å²) in [4.78, 5) is 15.6. The van der Waals surface area contributed by atoms with Crippen LogP contribution in [-0.2, 0) is 0 Å². The van der Waals surface area contributed by atoms with E-state index in [9.17, 15) is 0 Å². The van der Waals surface area contributed by atoms with Gasteiger partial charge in [0.1, 0.15) is 0 Å². The molecule has 0 saturated heterocycles. The number of benzene rings is 7. The fourth-order valence-corrected chi connectivity index (χ4v) is 7.36. The highest BCUT2D eigenvalue weighted by molar-refractivity contribution is 6.25. The van der Waals surface area contributed by atoms with Gasteiger partial charge in [0, 0.05) is 38.2 Å². The number of hydrogen-bond acceptors (Lipinski definition) is 3. The van der Waals surface area contributed by atoms with Crippen LogP contribution in [0, 0.1) is 0 Å². The van der Waals surface area contributed by atoms with Crippen molar-refractivity contribution in [1.29, 1.82) is 0 Å². The van der Waals surface area contributed by atoms with E-state index in [4.69, 9.17) is 15.0 Å². The molecule has 0 unspecified atom stereocenters. The average molecular weight is 625 g/mol. The van der Waals surface area contributed by atoms with Gasteiger partial charge in [0.05, 0.1) is 16.6 Å².